The quantitative estimate of drug-likeness (QED) is 0.0864. The Bertz CT molecular complexity index is 3780. The van der Waals surface area contributed by atoms with E-state index in [1.165, 1.54) is 87.6 Å². The molecule has 8 aromatic carbocycles. The van der Waals surface area contributed by atoms with E-state index in [4.69, 9.17) is 15.3 Å². The van der Waals surface area contributed by atoms with Gasteiger partial charge in [0.25, 0.3) is 0 Å². The van der Waals surface area contributed by atoms with Crippen molar-refractivity contribution in [3.05, 3.63) is 272 Å². The van der Waals surface area contributed by atoms with E-state index in [-0.39, 0.29) is 74.1 Å². The van der Waals surface area contributed by atoms with Crippen molar-refractivity contribution in [3.63, 3.8) is 0 Å². The van der Waals surface area contributed by atoms with Crippen LogP contribution in [0.1, 0.15) is 122 Å². The van der Waals surface area contributed by atoms with Crippen LogP contribution in [0.2, 0.25) is 137 Å². The van der Waals surface area contributed by atoms with Crippen LogP contribution in [-0.2, 0) is 93.5 Å². The largest absolute Gasteiger partial charge is 4.00 e. The molecule has 0 spiro atoms. The minimum atomic E-state index is -0.861. The first kappa shape index (κ1) is 105. The third-order valence-electron chi connectivity index (χ3n) is 14.2. The monoisotopic (exact) mass is 1730 g/mol. The number of aryl methyl sites for hydroxylation is 2. The molecule has 0 fully saturated rings. The molecular weight excluding hydrogens is 1590 g/mol. The average Bonchev–Trinajstić information content (AvgIpc) is 0.752. The van der Waals surface area contributed by atoms with Gasteiger partial charge in [-0.25, -0.2) is 0 Å². The number of hydrogen-bond acceptors (Lipinski definition) is 2. The zero-order chi connectivity index (χ0) is 82.5. The van der Waals surface area contributed by atoms with Gasteiger partial charge in [0.2, 0.25) is 0 Å². The maximum Gasteiger partial charge on any atom is 4.00 e. The van der Waals surface area contributed by atoms with Gasteiger partial charge in [-0.05, 0) is 177 Å². The summed E-state index contributed by atoms with van der Waals surface area (Å²) >= 11 is 0. The fourth-order valence-corrected chi connectivity index (χ4v) is 9.72. The van der Waals surface area contributed by atoms with E-state index in [9.17, 15) is 0 Å². The maximum atomic E-state index is 5.24. The van der Waals surface area contributed by atoms with Crippen molar-refractivity contribution < 1.29 is 52.4 Å². The molecule has 0 atom stereocenters. The number of aromatic nitrogens is 2. The van der Waals surface area contributed by atoms with Crippen LogP contribution in [0.25, 0.3) is 70.9 Å². The summed E-state index contributed by atoms with van der Waals surface area (Å²) in [5.74, 6) is 0.764. The number of pyridine rings is 2. The van der Waals surface area contributed by atoms with Crippen molar-refractivity contribution in [2.75, 3.05) is 0 Å². The van der Waals surface area contributed by atoms with E-state index in [1.807, 2.05) is 12.1 Å². The summed E-state index contributed by atoms with van der Waals surface area (Å²) in [6.07, 6.45) is 1.93. The van der Waals surface area contributed by atoms with E-state index < -0.39 is 56.5 Å². The first-order valence-electron chi connectivity index (χ1n) is 38.9. The minimum Gasteiger partial charge on any atom is -0.461 e. The average molecular weight is 1740 g/mol. The Hall–Kier alpha value is -3.82. The Labute approximate surface area is 717 Å². The molecule has 0 amide bonds. The number of hydrogen-bond donors (Lipinski definition) is 0. The Balaban J connectivity index is 0.00000147. The molecule has 589 valence electrons. The molecule has 0 aliphatic heterocycles. The molecule has 109 heavy (non-hydrogen) atoms. The molecule has 12 heteroatoms. The summed E-state index contributed by atoms with van der Waals surface area (Å²) in [7, 11) is -6.03. The Morgan fingerprint density at radius 1 is 0.284 bits per heavy atom. The van der Waals surface area contributed by atoms with E-state index in [1.54, 1.807) is 0 Å². The zero-order valence-corrected chi connectivity index (χ0v) is 87.1. The summed E-state index contributed by atoms with van der Waals surface area (Å²) in [5.41, 5.74) is 13.8. The predicted molar refractivity (Wildman–Crippen MR) is 512 cm³/mol. The molecule has 3 nitrogen and oxygen atoms in total. The molecule has 0 aliphatic rings. The Morgan fingerprint density at radius 2 is 0.532 bits per heavy atom. The summed E-state index contributed by atoms with van der Waals surface area (Å²) in [4.78, 5) is 10.3. The van der Waals surface area contributed by atoms with Crippen LogP contribution in [0, 0.1) is 45.8 Å². The Morgan fingerprint density at radius 3 is 0.798 bits per heavy atom. The number of rotatable bonds is 8. The second-order valence-electron chi connectivity index (χ2n) is 41.9. The fourth-order valence-electron chi connectivity index (χ4n) is 9.72. The van der Waals surface area contributed by atoms with Crippen molar-refractivity contribution in [1.29, 1.82) is 0 Å². The predicted octanol–water partition coefficient (Wildman–Crippen LogP) is 31.2. The third-order valence-corrected chi connectivity index (χ3v) is 14.2. The minimum absolute atomic E-state index is 0. The first-order chi connectivity index (χ1) is 48.2. The van der Waals surface area contributed by atoms with Crippen LogP contribution < -0.4 is 0 Å². The normalized spacial score (nSPS) is 12.0. The van der Waals surface area contributed by atoms with E-state index >= 15 is 0 Å². The smallest absolute Gasteiger partial charge is 0.461 e. The molecule has 2 aromatic heterocycles. The van der Waals surface area contributed by atoms with Gasteiger partial charge in [-0.3, -0.25) is 4.98 Å². The van der Waals surface area contributed by atoms with Crippen molar-refractivity contribution in [1.82, 2.24) is 9.97 Å². The van der Waals surface area contributed by atoms with Gasteiger partial charge in [0, 0.05) is 11.3 Å². The summed E-state index contributed by atoms with van der Waals surface area (Å²) in [5, 5.41) is 14.9. The van der Waals surface area contributed by atoms with Crippen LogP contribution in [0.4, 0.5) is 5.82 Å². The zero-order valence-electron chi connectivity index (χ0n) is 75.2. The molecule has 10 aromatic rings. The molecule has 0 bridgehead atoms. The maximum absolute atomic E-state index is 5.24. The van der Waals surface area contributed by atoms with Gasteiger partial charge in [-0.2, -0.15) is 0 Å². The van der Waals surface area contributed by atoms with Crippen LogP contribution >= 0.6 is 0 Å². The standard InChI is InChI=1S/C35H37N.C34H35N2.7C4H11Si.2Zr/c1-34(2,3)27-18-16-25-21-26-17-19-28(35(4,5)6)23-31(26)33(30(25)22-27)32-14-10-13-29(36-32)20-15-24-11-8-7-9-12-24;1-33(2,3)26-17-15-24-19-25-16-18-27(34(4,5)6)21-29(25)32(28(24)20-26)30-13-10-14-31(36-30)35-22-23-11-8-7-9-12-23;7*1-5(2,3)4;;/h7-14,16-19,21-23H,15,20H2,1-6H3;7-21H,22H2,1-6H3;7*1H2,2-4H3;;/q;8*-1;+3;+4. The van der Waals surface area contributed by atoms with Crippen LogP contribution in [0.15, 0.2) is 182 Å². The van der Waals surface area contributed by atoms with Gasteiger partial charge in [0.15, 0.2) is 0 Å². The summed E-state index contributed by atoms with van der Waals surface area (Å²) in [6.45, 7) is 102. The van der Waals surface area contributed by atoms with Crippen molar-refractivity contribution in [3.8, 4) is 22.5 Å². The van der Waals surface area contributed by atoms with Gasteiger partial charge in [-0.1, -0.05) is 360 Å². The first-order valence-corrected chi connectivity index (χ1v) is 64.8. The van der Waals surface area contributed by atoms with Gasteiger partial charge in [-0.15, -0.1) is 56.5 Å². The number of nitrogens with zero attached hydrogens (tertiary/aromatic N) is 3. The topological polar surface area (TPSA) is 39.9 Å². The van der Waals surface area contributed by atoms with Crippen molar-refractivity contribution in [2.45, 2.75) is 262 Å². The molecule has 0 N–H and O–H groups in total. The second kappa shape index (κ2) is 44.3. The van der Waals surface area contributed by atoms with Gasteiger partial charge in [0.05, 0.1) is 5.69 Å². The van der Waals surface area contributed by atoms with Crippen LogP contribution in [0.3, 0.4) is 0 Å². The molecular formula is C97H149N3Si7Zr2-. The van der Waals surface area contributed by atoms with Crippen molar-refractivity contribution >= 4 is 105 Å². The fraction of sp³-hybridized carbons (Fsp3) is 0.412. The van der Waals surface area contributed by atoms with E-state index in [2.05, 4.69) is 436 Å². The summed E-state index contributed by atoms with van der Waals surface area (Å²) < 4.78 is 0. The van der Waals surface area contributed by atoms with Gasteiger partial charge < -0.3 is 56.1 Å². The number of benzene rings is 8. The third kappa shape index (κ3) is 48.2. The molecule has 0 saturated carbocycles. The molecule has 2 heterocycles. The summed E-state index contributed by atoms with van der Waals surface area (Å²) in [6, 6.07) is 66.2. The van der Waals surface area contributed by atoms with Crippen LogP contribution in [-0.4, -0.2) is 66.5 Å². The molecule has 10 rings (SSSR count). The second-order valence-corrected chi connectivity index (χ2v) is 77.7. The van der Waals surface area contributed by atoms with E-state index in [0.29, 0.717) is 6.54 Å². The Kier molecular flexibility index (Phi) is 42.8. The van der Waals surface area contributed by atoms with Gasteiger partial charge in [0.1, 0.15) is 0 Å². The van der Waals surface area contributed by atoms with Gasteiger partial charge >= 0.3 is 52.4 Å². The molecule has 0 aliphatic carbocycles. The SMILES string of the molecule is CC(C)(C)c1ccc2cc3ccc(C(C)(C)C)cc3c(-c3cccc(CCc4ccccc4)n3)c2c1.CC(C)(C)c1ccc2cc3ccc(C(C)(C)C)cc3c(-c3cccc([N-]Cc4ccccc4)n3)c2c1.[CH2-][Si](C)(C)C.[CH2-][Si](C)(C)C.[CH2-][Si](C)(C)C.[CH2-][Si](C)(C)C.[CH2-][Si](C)(C)C.[CH2-][Si](C)(C)C.[CH2-][Si](C)(C)C.[Zr+3].[Zr+4]. The van der Waals surface area contributed by atoms with E-state index in [0.717, 1.165) is 35.7 Å². The van der Waals surface area contributed by atoms with Crippen molar-refractivity contribution in [2.24, 2.45) is 0 Å². The number of fused-ring (bicyclic) bond motifs is 4. The molecule has 0 unspecified atom stereocenters. The molecule has 0 saturated heterocycles. The van der Waals surface area contributed by atoms with Crippen LogP contribution in [0.5, 0.6) is 0 Å². The molecule has 1 radical (unpaired) electrons.